The van der Waals surface area contributed by atoms with Crippen molar-refractivity contribution < 1.29 is 45.1 Å². The summed E-state index contributed by atoms with van der Waals surface area (Å²) in [5.74, 6) is 5.64. The van der Waals surface area contributed by atoms with Crippen molar-refractivity contribution in [3.8, 4) is 0 Å². The van der Waals surface area contributed by atoms with Crippen molar-refractivity contribution in [3.05, 3.63) is 48.6 Å². The maximum atomic E-state index is 2.63. The van der Waals surface area contributed by atoms with Crippen molar-refractivity contribution in [2.75, 3.05) is 0 Å². The zero-order valence-corrected chi connectivity index (χ0v) is 20.0. The normalized spacial score (nSPS) is 45.0. The Balaban J connectivity index is 0.000000980. The molecule has 0 aromatic rings. The third-order valence-electron chi connectivity index (χ3n) is 8.44. The molecule has 8 unspecified atom stereocenters. The second-order valence-corrected chi connectivity index (χ2v) is 21.2. The second-order valence-electron chi connectivity index (χ2n) is 9.42. The quantitative estimate of drug-likeness (QED) is 0.572. The van der Waals surface area contributed by atoms with Crippen molar-refractivity contribution >= 4 is 0 Å². The Morgan fingerprint density at radius 1 is 0.769 bits per heavy atom. The van der Waals surface area contributed by atoms with Gasteiger partial charge in [0.05, 0.1) is 0 Å². The van der Waals surface area contributed by atoms with Crippen molar-refractivity contribution in [1.29, 1.82) is 0 Å². The third-order valence-corrected chi connectivity index (χ3v) is 23.5. The third kappa shape index (κ3) is 3.13. The van der Waals surface area contributed by atoms with Gasteiger partial charge in [0, 0.05) is 0 Å². The zero-order chi connectivity index (χ0) is 16.3. The molecule has 3 fully saturated rings. The molecular formula is C23H32Cl2Zr. The topological polar surface area (TPSA) is 0 Å². The molecule has 0 aromatic heterocycles. The van der Waals surface area contributed by atoms with Crippen LogP contribution in [0.2, 0.25) is 15.5 Å². The summed E-state index contributed by atoms with van der Waals surface area (Å²) >= 11 is -2.03. The minimum Gasteiger partial charge on any atom is -1.00 e. The molecule has 0 N–H and O–H groups in total. The van der Waals surface area contributed by atoms with E-state index in [2.05, 4.69) is 62.5 Å². The average Bonchev–Trinajstić information content (AvgIpc) is 3.17. The summed E-state index contributed by atoms with van der Waals surface area (Å²) in [6.45, 7) is 5.10. The van der Waals surface area contributed by atoms with Gasteiger partial charge < -0.3 is 24.8 Å². The number of fused-ring (bicyclic) bond motifs is 2. The molecule has 0 radical (unpaired) electrons. The molecule has 1 heterocycles. The first-order valence-corrected chi connectivity index (χ1v) is 16.8. The molecule has 1 aliphatic heterocycles. The Kier molecular flexibility index (Phi) is 6.54. The van der Waals surface area contributed by atoms with Gasteiger partial charge in [-0.3, -0.25) is 0 Å². The van der Waals surface area contributed by atoms with Gasteiger partial charge in [0.25, 0.3) is 0 Å². The number of hydrogen-bond acceptors (Lipinski definition) is 0. The van der Waals surface area contributed by atoms with Gasteiger partial charge in [-0.05, 0) is 0 Å². The van der Waals surface area contributed by atoms with Gasteiger partial charge in [0.15, 0.2) is 0 Å². The van der Waals surface area contributed by atoms with Crippen molar-refractivity contribution in [1.82, 2.24) is 0 Å². The van der Waals surface area contributed by atoms with Gasteiger partial charge in [0.1, 0.15) is 0 Å². The first-order valence-electron chi connectivity index (χ1n) is 10.4. The molecule has 1 saturated heterocycles. The minimum atomic E-state index is -2.03. The number of halogens is 2. The van der Waals surface area contributed by atoms with Crippen molar-refractivity contribution in [3.63, 3.8) is 0 Å². The van der Waals surface area contributed by atoms with Gasteiger partial charge in [-0.15, -0.1) is 0 Å². The van der Waals surface area contributed by atoms with Gasteiger partial charge in [-0.1, -0.05) is 0 Å². The fourth-order valence-corrected chi connectivity index (χ4v) is 28.8. The Hall–Kier alpha value is 0.423. The van der Waals surface area contributed by atoms with Crippen LogP contribution in [0.25, 0.3) is 0 Å². The van der Waals surface area contributed by atoms with Crippen LogP contribution in [0.5, 0.6) is 0 Å². The Morgan fingerprint density at radius 2 is 1.31 bits per heavy atom. The zero-order valence-electron chi connectivity index (χ0n) is 16.0. The maximum Gasteiger partial charge on any atom is -1.00 e. The minimum absolute atomic E-state index is 0. The molecule has 0 aromatic carbocycles. The molecule has 0 nitrogen and oxygen atoms in total. The standard InChI is InChI=1S/C11H15.C10H13.C2H4.2ClH.Zr/c1-2-9-7-10-5-3-4-6-11(10)8-9;1-8-6-9-4-2-3-5-10(9)7-8;1-2;;;/h3-7,9-11H,2,8H2,1H3;2-6,8-10H,7H2,1H3;1-2H2;2*1H;/q;;;;;+2/p-2. The maximum absolute atomic E-state index is 2.63. The molecular weight excluding hydrogens is 438 g/mol. The Bertz CT molecular complexity index is 630. The van der Waals surface area contributed by atoms with Crippen LogP contribution in [0.4, 0.5) is 0 Å². The number of hydrogen-bond donors (Lipinski definition) is 0. The fourth-order valence-electron chi connectivity index (χ4n) is 7.61. The Morgan fingerprint density at radius 3 is 1.88 bits per heavy atom. The van der Waals surface area contributed by atoms with Gasteiger partial charge in [0.2, 0.25) is 0 Å². The van der Waals surface area contributed by atoms with Gasteiger partial charge in [-0.25, -0.2) is 0 Å². The van der Waals surface area contributed by atoms with E-state index in [0.717, 1.165) is 42.8 Å². The SMILES string of the molecule is CCC1CC2C=CC=CC2[CH]1[Zr+2]1([CH]2C(C)CC3C=CC=CC32)[CH2][CH2]1.[Cl-].[Cl-]. The summed E-state index contributed by atoms with van der Waals surface area (Å²) in [4.78, 5) is 0. The largest absolute Gasteiger partial charge is 1.00 e. The van der Waals surface area contributed by atoms with E-state index in [1.807, 2.05) is 0 Å². The van der Waals surface area contributed by atoms with Gasteiger partial charge >= 0.3 is 153 Å². The van der Waals surface area contributed by atoms with Crippen LogP contribution in [0, 0.1) is 35.5 Å². The Labute approximate surface area is 176 Å². The molecule has 2 saturated carbocycles. The van der Waals surface area contributed by atoms with Crippen LogP contribution < -0.4 is 24.8 Å². The predicted octanol–water partition coefficient (Wildman–Crippen LogP) is 0.762. The van der Waals surface area contributed by atoms with E-state index in [1.165, 1.54) is 19.3 Å². The van der Waals surface area contributed by atoms with Crippen LogP contribution >= 0.6 is 0 Å². The average molecular weight is 471 g/mol. The summed E-state index contributed by atoms with van der Waals surface area (Å²) in [6.07, 6.45) is 24.1. The molecule has 4 aliphatic carbocycles. The number of rotatable bonds is 3. The molecule has 0 amide bonds. The molecule has 8 atom stereocenters. The molecule has 3 heteroatoms. The smallest absolute Gasteiger partial charge is 1.00 e. The van der Waals surface area contributed by atoms with Gasteiger partial charge in [-0.2, -0.15) is 0 Å². The summed E-state index contributed by atoms with van der Waals surface area (Å²) < 4.78 is 5.72. The molecule has 142 valence electrons. The van der Waals surface area contributed by atoms with E-state index in [-0.39, 0.29) is 24.8 Å². The second kappa shape index (κ2) is 8.04. The summed E-state index contributed by atoms with van der Waals surface area (Å²) in [7, 11) is 0. The van der Waals surface area contributed by atoms with Crippen LogP contribution in [-0.2, 0) is 20.3 Å². The fraction of sp³-hybridized carbons (Fsp3) is 0.652. The summed E-state index contributed by atoms with van der Waals surface area (Å²) in [6, 6.07) is 0. The van der Waals surface area contributed by atoms with Crippen molar-refractivity contribution in [2.45, 2.75) is 48.6 Å². The van der Waals surface area contributed by atoms with Crippen LogP contribution in [0.1, 0.15) is 33.1 Å². The molecule has 0 bridgehead atoms. The van der Waals surface area contributed by atoms with E-state index < -0.39 is 20.3 Å². The first-order chi connectivity index (χ1) is 11.7. The van der Waals surface area contributed by atoms with E-state index in [4.69, 9.17) is 0 Å². The van der Waals surface area contributed by atoms with Crippen LogP contribution in [0.3, 0.4) is 0 Å². The predicted molar refractivity (Wildman–Crippen MR) is 99.8 cm³/mol. The monoisotopic (exact) mass is 468 g/mol. The number of allylic oxidation sites excluding steroid dienone is 8. The van der Waals surface area contributed by atoms with E-state index in [9.17, 15) is 0 Å². The molecule has 0 spiro atoms. The summed E-state index contributed by atoms with van der Waals surface area (Å²) in [5, 5.41) is 0. The molecule has 5 rings (SSSR count). The van der Waals surface area contributed by atoms with E-state index in [1.54, 1.807) is 8.26 Å². The first kappa shape index (κ1) is 21.1. The van der Waals surface area contributed by atoms with E-state index in [0.29, 0.717) is 0 Å². The molecule has 5 aliphatic rings. The summed E-state index contributed by atoms with van der Waals surface area (Å²) in [5.41, 5.74) is 0. The van der Waals surface area contributed by atoms with Crippen LogP contribution in [-0.4, -0.2) is 0 Å². The molecule has 26 heavy (non-hydrogen) atoms. The van der Waals surface area contributed by atoms with E-state index >= 15 is 0 Å². The van der Waals surface area contributed by atoms with Crippen LogP contribution in [0.15, 0.2) is 48.6 Å². The van der Waals surface area contributed by atoms with Crippen molar-refractivity contribution in [2.24, 2.45) is 35.5 Å².